The smallest absolute Gasteiger partial charge is 0.152 e. The number of anilines is 1. The highest BCUT2D eigenvalue weighted by Crippen LogP contribution is 2.24. The summed E-state index contributed by atoms with van der Waals surface area (Å²) in [4.78, 5) is 13.0. The highest BCUT2D eigenvalue weighted by Gasteiger charge is 2.14. The summed E-state index contributed by atoms with van der Waals surface area (Å²) in [6.07, 6.45) is 4.89. The Labute approximate surface area is 109 Å². The molecule has 0 heterocycles. The zero-order valence-electron chi connectivity index (χ0n) is 11.3. The Morgan fingerprint density at radius 1 is 1.17 bits per heavy atom. The van der Waals surface area contributed by atoms with Crippen molar-refractivity contribution in [1.29, 1.82) is 0 Å². The van der Waals surface area contributed by atoms with Crippen LogP contribution in [-0.4, -0.2) is 19.4 Å². The van der Waals surface area contributed by atoms with Gasteiger partial charge in [0.05, 0.1) is 5.69 Å². The van der Waals surface area contributed by atoms with Crippen LogP contribution < -0.4 is 4.90 Å². The summed E-state index contributed by atoms with van der Waals surface area (Å²) < 4.78 is 13.9. The van der Waals surface area contributed by atoms with E-state index in [4.69, 9.17) is 0 Å². The van der Waals surface area contributed by atoms with Crippen LogP contribution in [-0.2, 0) is 0 Å². The minimum Gasteiger partial charge on any atom is -0.369 e. The third-order valence-corrected chi connectivity index (χ3v) is 3.02. The molecule has 2 nitrogen and oxygen atoms in total. The zero-order chi connectivity index (χ0) is 13.4. The summed E-state index contributed by atoms with van der Waals surface area (Å²) in [6.45, 7) is 5.83. The van der Waals surface area contributed by atoms with Gasteiger partial charge in [0, 0.05) is 18.7 Å². The molecule has 0 aromatic heterocycles. The molecular weight excluding hydrogens is 229 g/mol. The summed E-state index contributed by atoms with van der Waals surface area (Å²) in [5.74, 6) is -0.299. The minimum absolute atomic E-state index is 0.299. The van der Waals surface area contributed by atoms with Crippen molar-refractivity contribution in [2.24, 2.45) is 0 Å². The van der Waals surface area contributed by atoms with Crippen LogP contribution in [0.2, 0.25) is 0 Å². The summed E-state index contributed by atoms with van der Waals surface area (Å²) in [5, 5.41) is 0. The van der Waals surface area contributed by atoms with E-state index in [-0.39, 0.29) is 5.82 Å². The lowest BCUT2D eigenvalue weighted by Crippen LogP contribution is -2.27. The quantitative estimate of drug-likeness (QED) is 0.650. The third kappa shape index (κ3) is 3.83. The number of hydrogen-bond acceptors (Lipinski definition) is 2. The number of aldehydes is 1. The van der Waals surface area contributed by atoms with Gasteiger partial charge in [0.25, 0.3) is 0 Å². The molecule has 0 saturated carbocycles. The SMILES string of the molecule is CCCCN(CCCC)c1c(F)cccc1C=O. The highest BCUT2D eigenvalue weighted by atomic mass is 19.1. The number of nitrogens with zero attached hydrogens (tertiary/aromatic N) is 1. The van der Waals surface area contributed by atoms with E-state index in [1.807, 2.05) is 4.90 Å². The number of carbonyl (C=O) groups is 1. The lowest BCUT2D eigenvalue weighted by molar-refractivity contribution is 0.112. The maximum atomic E-state index is 13.9. The topological polar surface area (TPSA) is 20.3 Å². The number of hydrogen-bond donors (Lipinski definition) is 0. The molecule has 1 aromatic rings. The predicted molar refractivity (Wildman–Crippen MR) is 73.8 cm³/mol. The van der Waals surface area contributed by atoms with Crippen molar-refractivity contribution in [2.75, 3.05) is 18.0 Å². The van der Waals surface area contributed by atoms with E-state index in [1.165, 1.54) is 6.07 Å². The largest absolute Gasteiger partial charge is 0.369 e. The molecule has 0 N–H and O–H groups in total. The fourth-order valence-corrected chi connectivity index (χ4v) is 1.99. The van der Waals surface area contributed by atoms with Crippen molar-refractivity contribution in [2.45, 2.75) is 39.5 Å². The van der Waals surface area contributed by atoms with Gasteiger partial charge in [-0.25, -0.2) is 4.39 Å². The number of carbonyl (C=O) groups excluding carboxylic acids is 1. The van der Waals surface area contributed by atoms with Crippen LogP contribution in [0.25, 0.3) is 0 Å². The summed E-state index contributed by atoms with van der Waals surface area (Å²) >= 11 is 0. The van der Waals surface area contributed by atoms with Crippen molar-refractivity contribution in [3.8, 4) is 0 Å². The molecule has 0 radical (unpaired) electrons. The second-order valence-electron chi connectivity index (χ2n) is 4.49. The number of unbranched alkanes of at least 4 members (excludes halogenated alkanes) is 2. The molecule has 0 amide bonds. The molecule has 1 aromatic carbocycles. The molecule has 0 fully saturated rings. The van der Waals surface area contributed by atoms with Crippen LogP contribution in [0.3, 0.4) is 0 Å². The van der Waals surface area contributed by atoms with Crippen molar-refractivity contribution >= 4 is 12.0 Å². The molecule has 100 valence electrons. The molecule has 0 atom stereocenters. The Hall–Kier alpha value is -1.38. The highest BCUT2D eigenvalue weighted by molar-refractivity contribution is 5.84. The van der Waals surface area contributed by atoms with Gasteiger partial charge in [-0.05, 0) is 25.0 Å². The Morgan fingerprint density at radius 2 is 1.78 bits per heavy atom. The first-order valence-corrected chi connectivity index (χ1v) is 6.73. The summed E-state index contributed by atoms with van der Waals surface area (Å²) in [7, 11) is 0. The monoisotopic (exact) mass is 251 g/mol. The van der Waals surface area contributed by atoms with E-state index in [1.54, 1.807) is 12.1 Å². The molecule has 0 aliphatic heterocycles. The predicted octanol–water partition coefficient (Wildman–Crippen LogP) is 4.04. The zero-order valence-corrected chi connectivity index (χ0v) is 11.3. The first-order valence-electron chi connectivity index (χ1n) is 6.73. The van der Waals surface area contributed by atoms with Crippen LogP contribution in [0, 0.1) is 5.82 Å². The van der Waals surface area contributed by atoms with E-state index in [0.29, 0.717) is 11.3 Å². The molecule has 0 aliphatic carbocycles. The fourth-order valence-electron chi connectivity index (χ4n) is 1.99. The van der Waals surface area contributed by atoms with Gasteiger partial charge in [-0.15, -0.1) is 0 Å². The molecule has 3 heteroatoms. The second kappa shape index (κ2) is 7.85. The van der Waals surface area contributed by atoms with E-state index in [2.05, 4.69) is 13.8 Å². The van der Waals surface area contributed by atoms with Gasteiger partial charge in [-0.1, -0.05) is 32.8 Å². The molecule has 0 aliphatic rings. The van der Waals surface area contributed by atoms with Crippen molar-refractivity contribution in [3.63, 3.8) is 0 Å². The Morgan fingerprint density at radius 3 is 2.28 bits per heavy atom. The molecule has 0 spiro atoms. The van der Waals surface area contributed by atoms with Crippen LogP contribution >= 0.6 is 0 Å². The van der Waals surface area contributed by atoms with Crippen molar-refractivity contribution in [3.05, 3.63) is 29.6 Å². The summed E-state index contributed by atoms with van der Waals surface area (Å²) in [5.41, 5.74) is 0.914. The minimum atomic E-state index is -0.299. The van der Waals surface area contributed by atoms with Gasteiger partial charge in [-0.2, -0.15) is 0 Å². The first kappa shape index (κ1) is 14.7. The van der Waals surface area contributed by atoms with E-state index >= 15 is 0 Å². The molecule has 18 heavy (non-hydrogen) atoms. The number of benzene rings is 1. The maximum absolute atomic E-state index is 13.9. The number of rotatable bonds is 8. The van der Waals surface area contributed by atoms with Gasteiger partial charge in [-0.3, -0.25) is 4.79 Å². The lowest BCUT2D eigenvalue weighted by Gasteiger charge is -2.26. The Bertz CT molecular complexity index is 371. The fraction of sp³-hybridized carbons (Fsp3) is 0.533. The first-order chi connectivity index (χ1) is 8.74. The second-order valence-corrected chi connectivity index (χ2v) is 4.49. The molecule has 0 saturated heterocycles. The summed E-state index contributed by atoms with van der Waals surface area (Å²) in [6, 6.07) is 4.68. The van der Waals surface area contributed by atoms with Crippen LogP contribution in [0.4, 0.5) is 10.1 Å². The standard InChI is InChI=1S/C15H22FNO/c1-3-5-10-17(11-6-4-2)15-13(12-18)8-7-9-14(15)16/h7-9,12H,3-6,10-11H2,1-2H3. The Kier molecular flexibility index (Phi) is 6.40. The Balaban J connectivity index is 2.98. The van der Waals surface area contributed by atoms with Crippen LogP contribution in [0.15, 0.2) is 18.2 Å². The van der Waals surface area contributed by atoms with E-state index < -0.39 is 0 Å². The average Bonchev–Trinajstić information content (AvgIpc) is 2.39. The van der Waals surface area contributed by atoms with Gasteiger partial charge in [0.15, 0.2) is 6.29 Å². The van der Waals surface area contributed by atoms with E-state index in [0.717, 1.165) is 45.1 Å². The van der Waals surface area contributed by atoms with E-state index in [9.17, 15) is 9.18 Å². The average molecular weight is 251 g/mol. The number of halogens is 1. The van der Waals surface area contributed by atoms with Crippen LogP contribution in [0.5, 0.6) is 0 Å². The van der Waals surface area contributed by atoms with Gasteiger partial charge in [0.2, 0.25) is 0 Å². The molecule has 1 rings (SSSR count). The van der Waals surface area contributed by atoms with Crippen molar-refractivity contribution < 1.29 is 9.18 Å². The maximum Gasteiger partial charge on any atom is 0.152 e. The normalized spacial score (nSPS) is 10.4. The third-order valence-electron chi connectivity index (χ3n) is 3.02. The molecular formula is C15H22FNO. The van der Waals surface area contributed by atoms with Crippen LogP contribution in [0.1, 0.15) is 49.9 Å². The molecule has 0 bridgehead atoms. The van der Waals surface area contributed by atoms with Gasteiger partial charge < -0.3 is 4.90 Å². The van der Waals surface area contributed by atoms with Crippen molar-refractivity contribution in [1.82, 2.24) is 0 Å². The lowest BCUT2D eigenvalue weighted by atomic mass is 10.1. The van der Waals surface area contributed by atoms with Gasteiger partial charge >= 0.3 is 0 Å². The molecule has 0 unspecified atom stereocenters. The number of para-hydroxylation sites is 1. The van der Waals surface area contributed by atoms with Gasteiger partial charge in [0.1, 0.15) is 5.82 Å².